The number of rotatable bonds is 3. The lowest BCUT2D eigenvalue weighted by Crippen LogP contribution is -2.28. The SMILES string of the molecule is C#C.C#C.C#C.C=C.CO.COc1cccc2c1C(=O)c1c(O)c3c(c(O)c1C2=O)C[C@@H](C(=O)CO)CC3.OC1CCCCO1. The highest BCUT2D eigenvalue weighted by Gasteiger charge is 2.40. The van der Waals surface area contributed by atoms with Gasteiger partial charge in [0.2, 0.25) is 5.78 Å². The van der Waals surface area contributed by atoms with Crippen LogP contribution in [0.5, 0.6) is 17.2 Å². The first-order chi connectivity index (χ1) is 21.8. The number of phenols is 2. The molecule has 0 amide bonds. The van der Waals surface area contributed by atoms with Gasteiger partial charge in [0, 0.05) is 36.3 Å². The molecular formula is C35H42O10. The lowest BCUT2D eigenvalue weighted by molar-refractivity contribution is -0.126. The molecule has 2 aliphatic carbocycles. The largest absolute Gasteiger partial charge is 0.507 e. The van der Waals surface area contributed by atoms with E-state index < -0.39 is 30.4 Å². The predicted octanol–water partition coefficient (Wildman–Crippen LogP) is 3.21. The van der Waals surface area contributed by atoms with Crippen molar-refractivity contribution in [1.29, 1.82) is 0 Å². The van der Waals surface area contributed by atoms with Crippen LogP contribution in [0.2, 0.25) is 0 Å². The van der Waals surface area contributed by atoms with E-state index in [-0.39, 0.29) is 63.7 Å². The van der Waals surface area contributed by atoms with Crippen molar-refractivity contribution in [3.05, 3.63) is 64.7 Å². The van der Waals surface area contributed by atoms with Gasteiger partial charge in [-0.1, -0.05) is 12.1 Å². The number of benzene rings is 2. The van der Waals surface area contributed by atoms with Crippen LogP contribution in [0.1, 0.15) is 68.7 Å². The Labute approximate surface area is 265 Å². The highest BCUT2D eigenvalue weighted by atomic mass is 16.6. The molecule has 242 valence electrons. The Morgan fingerprint density at radius 1 is 0.911 bits per heavy atom. The first-order valence-electron chi connectivity index (χ1n) is 13.5. The Kier molecular flexibility index (Phi) is 21.2. The second kappa shape index (κ2) is 22.6. The number of ether oxygens (including phenoxy) is 2. The fourth-order valence-corrected chi connectivity index (χ4v) is 4.93. The van der Waals surface area contributed by atoms with E-state index in [2.05, 4.69) is 51.7 Å². The number of aliphatic hydroxyl groups is 3. The van der Waals surface area contributed by atoms with Crippen molar-refractivity contribution in [3.8, 4) is 55.8 Å². The first-order valence-corrected chi connectivity index (χ1v) is 13.5. The molecule has 5 rings (SSSR count). The number of Topliss-reactive ketones (excluding diaryl/α,β-unsaturated/α-hetero) is 1. The number of carbonyl (C=O) groups is 3. The summed E-state index contributed by atoms with van der Waals surface area (Å²) in [5.74, 6) is -2.56. The summed E-state index contributed by atoms with van der Waals surface area (Å²) in [4.78, 5) is 38.1. The van der Waals surface area contributed by atoms with Gasteiger partial charge in [-0.05, 0) is 44.6 Å². The van der Waals surface area contributed by atoms with E-state index in [1.54, 1.807) is 12.1 Å². The van der Waals surface area contributed by atoms with E-state index in [1.807, 2.05) is 0 Å². The Hall–Kier alpha value is -4.89. The van der Waals surface area contributed by atoms with Crippen LogP contribution in [0.4, 0.5) is 0 Å². The average Bonchev–Trinajstić information content (AvgIpc) is 3.12. The van der Waals surface area contributed by atoms with Crippen LogP contribution in [0.3, 0.4) is 0 Å². The molecule has 45 heavy (non-hydrogen) atoms. The fraction of sp³-hybridized carbons (Fsp3) is 0.343. The molecule has 10 nitrogen and oxygen atoms in total. The number of methoxy groups -OCH3 is 1. The Morgan fingerprint density at radius 3 is 1.93 bits per heavy atom. The van der Waals surface area contributed by atoms with Crippen molar-refractivity contribution in [2.75, 3.05) is 27.4 Å². The van der Waals surface area contributed by atoms with Crippen molar-refractivity contribution in [2.45, 2.75) is 44.8 Å². The van der Waals surface area contributed by atoms with Gasteiger partial charge in [-0.3, -0.25) is 14.4 Å². The molecule has 0 aromatic heterocycles. The zero-order chi connectivity index (χ0) is 35.3. The molecule has 1 unspecified atom stereocenters. The number of aliphatic hydroxyl groups excluding tert-OH is 3. The molecule has 10 heteroatoms. The van der Waals surface area contributed by atoms with Crippen LogP contribution < -0.4 is 4.74 Å². The van der Waals surface area contributed by atoms with Gasteiger partial charge < -0.3 is 35.0 Å². The van der Waals surface area contributed by atoms with Gasteiger partial charge in [-0.15, -0.1) is 51.7 Å². The average molecular weight is 623 g/mol. The minimum absolute atomic E-state index is 0.0568. The number of phenolic OH excluding ortho intramolecular Hbond substituents is 2. The summed E-state index contributed by atoms with van der Waals surface area (Å²) in [6.45, 7) is 6.13. The maximum Gasteiger partial charge on any atom is 0.202 e. The van der Waals surface area contributed by atoms with Gasteiger partial charge in [0.1, 0.15) is 23.9 Å². The van der Waals surface area contributed by atoms with Crippen molar-refractivity contribution in [1.82, 2.24) is 0 Å². The Balaban J connectivity index is 0. The fourth-order valence-electron chi connectivity index (χ4n) is 4.93. The van der Waals surface area contributed by atoms with E-state index >= 15 is 0 Å². The minimum Gasteiger partial charge on any atom is -0.507 e. The molecule has 1 fully saturated rings. The standard InChI is InChI=1S/C21H18O7.C5H10O2.C2H4.3C2H2.CH4O/c1-28-14-4-2-3-11-15(14)21(27)17-16(19(11)25)20(26)12-7-9(13(23)8-22)5-6-10(12)18(17)24;6-5-3-1-2-4-7-5;5*1-2/h2-4,9,22,24,26H,5-8H2,1H3;5-6H,1-4H2;1-2H2;3*1-2H;2H,1H3/t9-;;;;;;/m0....../s1. The van der Waals surface area contributed by atoms with Crippen LogP contribution in [0.25, 0.3) is 0 Å². The summed E-state index contributed by atoms with van der Waals surface area (Å²) >= 11 is 0. The normalized spacial score (nSPS) is 16.4. The molecule has 2 atom stereocenters. The van der Waals surface area contributed by atoms with E-state index in [0.717, 1.165) is 33.0 Å². The number of carbonyl (C=O) groups excluding carboxylic acids is 3. The van der Waals surface area contributed by atoms with Crippen LogP contribution in [-0.4, -0.2) is 76.6 Å². The number of fused-ring (bicyclic) bond motifs is 3. The molecule has 0 spiro atoms. The van der Waals surface area contributed by atoms with Crippen LogP contribution in [0.15, 0.2) is 31.4 Å². The summed E-state index contributed by atoms with van der Waals surface area (Å²) in [7, 11) is 2.38. The molecule has 0 saturated carbocycles. The monoisotopic (exact) mass is 622 g/mol. The molecule has 3 aliphatic rings. The Morgan fingerprint density at radius 2 is 1.47 bits per heavy atom. The lowest BCUT2D eigenvalue weighted by atomic mass is 9.75. The van der Waals surface area contributed by atoms with E-state index in [4.69, 9.17) is 24.8 Å². The van der Waals surface area contributed by atoms with Gasteiger partial charge in [0.15, 0.2) is 17.9 Å². The van der Waals surface area contributed by atoms with Gasteiger partial charge in [0.25, 0.3) is 0 Å². The smallest absolute Gasteiger partial charge is 0.202 e. The maximum atomic E-state index is 13.1. The second-order valence-electron chi connectivity index (χ2n) is 8.83. The molecule has 0 radical (unpaired) electrons. The lowest BCUT2D eigenvalue weighted by Gasteiger charge is -2.29. The number of terminal acetylenes is 3. The quantitative estimate of drug-likeness (QED) is 0.166. The topological polar surface area (TPSA) is 171 Å². The van der Waals surface area contributed by atoms with Crippen molar-refractivity contribution in [3.63, 3.8) is 0 Å². The van der Waals surface area contributed by atoms with E-state index in [0.29, 0.717) is 12.0 Å². The summed E-state index contributed by atoms with van der Waals surface area (Å²) in [5.41, 5.74) is 0.301. The predicted molar refractivity (Wildman–Crippen MR) is 172 cm³/mol. The minimum atomic E-state index is -0.609. The highest BCUT2D eigenvalue weighted by molar-refractivity contribution is 6.31. The summed E-state index contributed by atoms with van der Waals surface area (Å²) in [6, 6.07) is 4.59. The number of hydrogen-bond donors (Lipinski definition) is 5. The van der Waals surface area contributed by atoms with Crippen LogP contribution in [-0.2, 0) is 22.4 Å². The highest BCUT2D eigenvalue weighted by Crippen LogP contribution is 2.47. The van der Waals surface area contributed by atoms with Gasteiger partial charge in [-0.25, -0.2) is 0 Å². The third kappa shape index (κ3) is 9.81. The van der Waals surface area contributed by atoms with E-state index in [1.165, 1.54) is 13.2 Å². The number of ketones is 3. The van der Waals surface area contributed by atoms with Gasteiger partial charge in [-0.2, -0.15) is 0 Å². The first kappa shape index (κ1) is 42.2. The van der Waals surface area contributed by atoms with Gasteiger partial charge in [0.05, 0.1) is 23.8 Å². The summed E-state index contributed by atoms with van der Waals surface area (Å²) < 4.78 is 10.0. The van der Waals surface area contributed by atoms with Crippen molar-refractivity contribution < 1.29 is 49.4 Å². The zero-order valence-corrected chi connectivity index (χ0v) is 25.7. The van der Waals surface area contributed by atoms with E-state index in [9.17, 15) is 24.6 Å². The molecule has 2 aromatic rings. The summed E-state index contributed by atoms with van der Waals surface area (Å²) in [5, 5.41) is 46.4. The maximum absolute atomic E-state index is 13.1. The molecule has 0 bridgehead atoms. The van der Waals surface area contributed by atoms with Crippen LogP contribution in [0, 0.1) is 44.5 Å². The molecule has 5 N–H and O–H groups in total. The number of aromatic hydroxyl groups is 2. The van der Waals surface area contributed by atoms with Crippen molar-refractivity contribution >= 4 is 17.3 Å². The molecular weight excluding hydrogens is 580 g/mol. The third-order valence-electron chi connectivity index (χ3n) is 6.79. The molecule has 1 saturated heterocycles. The zero-order valence-electron chi connectivity index (χ0n) is 25.7. The van der Waals surface area contributed by atoms with Gasteiger partial charge >= 0.3 is 0 Å². The molecule has 1 aliphatic heterocycles. The second-order valence-corrected chi connectivity index (χ2v) is 8.83. The summed E-state index contributed by atoms with van der Waals surface area (Å²) in [6.07, 6.45) is 27.3. The third-order valence-corrected chi connectivity index (χ3v) is 6.79. The molecule has 1 heterocycles. The van der Waals surface area contributed by atoms with Crippen LogP contribution >= 0.6 is 0 Å². The molecule has 2 aromatic carbocycles. The Bertz CT molecular complexity index is 1320. The number of hydrogen-bond acceptors (Lipinski definition) is 10. The van der Waals surface area contributed by atoms with Crippen molar-refractivity contribution in [2.24, 2.45) is 5.92 Å².